The lowest BCUT2D eigenvalue weighted by molar-refractivity contribution is -0.119. The van der Waals surface area contributed by atoms with Crippen LogP contribution < -0.4 is 0 Å². The fourth-order valence-electron chi connectivity index (χ4n) is 8.90. The summed E-state index contributed by atoms with van der Waals surface area (Å²) in [5.74, 6) is 6.02. The van der Waals surface area contributed by atoms with Crippen molar-refractivity contribution < 1.29 is 4.79 Å². The molecule has 1 nitrogen and oxygen atoms in total. The Morgan fingerprint density at radius 3 is 2.46 bits per heavy atom. The molecule has 4 aliphatic carbocycles. The van der Waals surface area contributed by atoms with E-state index in [0.717, 1.165) is 48.3 Å². The fourth-order valence-corrected chi connectivity index (χ4v) is 8.90. The van der Waals surface area contributed by atoms with Crippen LogP contribution in [0.4, 0.5) is 0 Å². The molecule has 0 N–H and O–H groups in total. The average molecular weight is 359 g/mol. The first kappa shape index (κ1) is 19.0. The molecule has 0 heterocycles. The summed E-state index contributed by atoms with van der Waals surface area (Å²) in [6.07, 6.45) is 16.9. The third kappa shape index (κ3) is 2.91. The molecule has 0 aromatic carbocycles. The summed E-state index contributed by atoms with van der Waals surface area (Å²) in [6.45, 7) is 9.57. The first-order valence-corrected chi connectivity index (χ1v) is 11.9. The molecule has 1 heteroatoms. The Balaban J connectivity index is 1.52. The highest BCUT2D eigenvalue weighted by molar-refractivity contribution is 5.75. The quantitative estimate of drug-likeness (QED) is 0.526. The normalized spacial score (nSPS) is 49.0. The van der Waals surface area contributed by atoms with Gasteiger partial charge in [-0.1, -0.05) is 33.6 Å². The van der Waals surface area contributed by atoms with Crippen molar-refractivity contribution in [3.05, 3.63) is 0 Å². The van der Waals surface area contributed by atoms with Crippen molar-refractivity contribution in [3.8, 4) is 0 Å². The Morgan fingerprint density at radius 1 is 0.923 bits per heavy atom. The van der Waals surface area contributed by atoms with Crippen LogP contribution in [-0.4, -0.2) is 5.78 Å². The number of carbonyl (C=O) groups excluding carboxylic acids is 1. The van der Waals surface area contributed by atoms with Crippen LogP contribution in [0, 0.1) is 46.3 Å². The van der Waals surface area contributed by atoms with E-state index >= 15 is 0 Å². The molecule has 4 saturated carbocycles. The van der Waals surface area contributed by atoms with E-state index in [1.165, 1.54) is 64.2 Å². The van der Waals surface area contributed by atoms with E-state index in [4.69, 9.17) is 0 Å². The molecule has 0 radical (unpaired) electrons. The van der Waals surface area contributed by atoms with Gasteiger partial charge < -0.3 is 4.79 Å². The Bertz CT molecular complexity index is 538. The van der Waals surface area contributed by atoms with Crippen LogP contribution in [0.1, 0.15) is 105 Å². The molecule has 0 aliphatic heterocycles. The van der Waals surface area contributed by atoms with Crippen molar-refractivity contribution in [2.24, 2.45) is 46.3 Å². The van der Waals surface area contributed by atoms with Gasteiger partial charge in [0.1, 0.15) is 5.78 Å². The Kier molecular flexibility index (Phi) is 5.06. The molecular weight excluding hydrogens is 316 g/mol. The molecule has 0 bridgehead atoms. The van der Waals surface area contributed by atoms with Crippen LogP contribution in [-0.2, 0) is 4.79 Å². The van der Waals surface area contributed by atoms with Crippen molar-refractivity contribution in [2.45, 2.75) is 105 Å². The highest BCUT2D eigenvalue weighted by Crippen LogP contribution is 2.68. The molecule has 26 heavy (non-hydrogen) atoms. The van der Waals surface area contributed by atoms with Crippen molar-refractivity contribution in [1.29, 1.82) is 0 Å². The molecule has 8 atom stereocenters. The first-order valence-electron chi connectivity index (χ1n) is 11.9. The summed E-state index contributed by atoms with van der Waals surface area (Å²) in [5.41, 5.74) is 1.23. The van der Waals surface area contributed by atoms with Crippen LogP contribution in [0.25, 0.3) is 0 Å². The smallest absolute Gasteiger partial charge is 0.129 e. The van der Waals surface area contributed by atoms with Crippen molar-refractivity contribution in [1.82, 2.24) is 0 Å². The van der Waals surface area contributed by atoms with Crippen LogP contribution in [0.15, 0.2) is 0 Å². The molecule has 4 fully saturated rings. The molecule has 0 aromatic rings. The molecule has 4 aliphatic rings. The lowest BCUT2D eigenvalue weighted by Crippen LogP contribution is -2.53. The number of ketones is 1. The summed E-state index contributed by atoms with van der Waals surface area (Å²) in [4.78, 5) is 11.5. The van der Waals surface area contributed by atoms with E-state index in [0.29, 0.717) is 16.6 Å². The maximum absolute atomic E-state index is 11.5. The monoisotopic (exact) mass is 358 g/mol. The zero-order chi connectivity index (χ0) is 18.5. The van der Waals surface area contributed by atoms with E-state index in [2.05, 4.69) is 20.8 Å². The summed E-state index contributed by atoms with van der Waals surface area (Å²) in [5, 5.41) is 0. The highest BCUT2D eigenvalue weighted by atomic mass is 16.1. The number of hydrogen-bond donors (Lipinski definition) is 0. The van der Waals surface area contributed by atoms with Gasteiger partial charge in [0.05, 0.1) is 0 Å². The maximum Gasteiger partial charge on any atom is 0.129 e. The summed E-state index contributed by atoms with van der Waals surface area (Å²) < 4.78 is 0. The van der Waals surface area contributed by atoms with Gasteiger partial charge in [-0.2, -0.15) is 0 Å². The zero-order valence-corrected chi connectivity index (χ0v) is 17.9. The maximum atomic E-state index is 11.5. The topological polar surface area (TPSA) is 17.1 Å². The van der Waals surface area contributed by atoms with E-state index in [1.54, 1.807) is 6.92 Å². The molecule has 4 rings (SSSR count). The van der Waals surface area contributed by atoms with Gasteiger partial charge >= 0.3 is 0 Å². The fraction of sp³-hybridized carbons (Fsp3) is 0.960. The summed E-state index contributed by atoms with van der Waals surface area (Å²) >= 11 is 0. The van der Waals surface area contributed by atoms with E-state index < -0.39 is 0 Å². The predicted molar refractivity (Wildman–Crippen MR) is 109 cm³/mol. The van der Waals surface area contributed by atoms with Gasteiger partial charge in [0.2, 0.25) is 0 Å². The number of fused-ring (bicyclic) bond motifs is 5. The molecule has 0 aromatic heterocycles. The van der Waals surface area contributed by atoms with Gasteiger partial charge in [-0.25, -0.2) is 0 Å². The van der Waals surface area contributed by atoms with Crippen LogP contribution in [0.3, 0.4) is 0 Å². The second-order valence-electron chi connectivity index (χ2n) is 11.3. The number of rotatable bonds is 4. The highest BCUT2D eigenvalue weighted by Gasteiger charge is 2.59. The van der Waals surface area contributed by atoms with Crippen molar-refractivity contribution in [2.75, 3.05) is 0 Å². The first-order chi connectivity index (χ1) is 12.4. The minimum atomic E-state index is 0.379. The summed E-state index contributed by atoms with van der Waals surface area (Å²) in [7, 11) is 0. The molecule has 6 unspecified atom stereocenters. The standard InChI is InChI=1S/C25H42O/c1-17(8-9-18(2)26)21-12-13-22-20-11-10-19-7-5-6-15-24(19,3)23(20)14-16-25(21,22)4/h17,19-23H,5-16H2,1-4H3/t17?,19?,20?,21?,22?,23?,24-,25+/m0/s1. The second-order valence-corrected chi connectivity index (χ2v) is 11.3. The van der Waals surface area contributed by atoms with Gasteiger partial charge in [-0.3, -0.25) is 0 Å². The van der Waals surface area contributed by atoms with Gasteiger partial charge in [-0.05, 0) is 111 Å². The largest absolute Gasteiger partial charge is 0.300 e. The third-order valence-electron chi connectivity index (χ3n) is 10.3. The van der Waals surface area contributed by atoms with Crippen molar-refractivity contribution >= 4 is 5.78 Å². The van der Waals surface area contributed by atoms with E-state index in [1.807, 2.05) is 0 Å². The minimum absolute atomic E-state index is 0.379. The third-order valence-corrected chi connectivity index (χ3v) is 10.3. The van der Waals surface area contributed by atoms with Gasteiger partial charge in [-0.15, -0.1) is 0 Å². The van der Waals surface area contributed by atoms with Gasteiger partial charge in [0.15, 0.2) is 0 Å². The van der Waals surface area contributed by atoms with E-state index in [-0.39, 0.29) is 0 Å². The van der Waals surface area contributed by atoms with Crippen molar-refractivity contribution in [3.63, 3.8) is 0 Å². The SMILES string of the molecule is CC(=O)CCC(C)C1CCC2C3CCC4CCCC[C@]4(C)C3CC[C@]12C. The molecule has 0 saturated heterocycles. The molecule has 148 valence electrons. The zero-order valence-electron chi connectivity index (χ0n) is 17.9. The molecule has 0 spiro atoms. The number of hydrogen-bond acceptors (Lipinski definition) is 1. The van der Waals surface area contributed by atoms with E-state index in [9.17, 15) is 4.79 Å². The Hall–Kier alpha value is -0.330. The predicted octanol–water partition coefficient (Wildman–Crippen LogP) is 7.04. The van der Waals surface area contributed by atoms with Gasteiger partial charge in [0, 0.05) is 6.42 Å². The lowest BCUT2D eigenvalue weighted by Gasteiger charge is -2.61. The van der Waals surface area contributed by atoms with Gasteiger partial charge in [0.25, 0.3) is 0 Å². The lowest BCUT2D eigenvalue weighted by atomic mass is 9.44. The Morgan fingerprint density at radius 2 is 1.69 bits per heavy atom. The molecule has 0 amide bonds. The number of carbonyl (C=O) groups is 1. The van der Waals surface area contributed by atoms with Crippen LogP contribution >= 0.6 is 0 Å². The summed E-state index contributed by atoms with van der Waals surface area (Å²) in [6, 6.07) is 0. The minimum Gasteiger partial charge on any atom is -0.300 e. The van der Waals surface area contributed by atoms with Crippen LogP contribution in [0.2, 0.25) is 0 Å². The Labute approximate surface area is 162 Å². The molecular formula is C25H42O. The van der Waals surface area contributed by atoms with Crippen LogP contribution in [0.5, 0.6) is 0 Å². The second kappa shape index (κ2) is 6.93. The number of Topliss-reactive ketones (excluding diaryl/α,β-unsaturated/α-hetero) is 1. The average Bonchev–Trinajstić information content (AvgIpc) is 2.96.